The van der Waals surface area contributed by atoms with Gasteiger partial charge in [-0.2, -0.15) is 0 Å². The number of amides is 4. The lowest BCUT2D eigenvalue weighted by Gasteiger charge is -2.08. The van der Waals surface area contributed by atoms with Crippen molar-refractivity contribution in [2.45, 2.75) is 6.92 Å². The van der Waals surface area contributed by atoms with Gasteiger partial charge in [-0.05, 0) is 55.5 Å². The molecule has 0 spiro atoms. The molecule has 0 atom stereocenters. The van der Waals surface area contributed by atoms with Crippen LogP contribution in [0.5, 0.6) is 0 Å². The van der Waals surface area contributed by atoms with E-state index < -0.39 is 23.6 Å². The van der Waals surface area contributed by atoms with Gasteiger partial charge < -0.3 is 22.1 Å². The minimum Gasteiger partial charge on any atom is -0.366 e. The highest BCUT2D eigenvalue weighted by Gasteiger charge is 2.17. The van der Waals surface area contributed by atoms with Crippen molar-refractivity contribution in [1.29, 1.82) is 0 Å². The molecule has 6 aromatic rings. The Balaban J connectivity index is 0.000000185. The lowest BCUT2D eigenvalue weighted by molar-refractivity contribution is 0.0989. The standard InChI is InChI=1S/C17H14N4O2S.C16H12N4O2S/c1-10-4-5-13(12(7-10)15(18)22)20-16(23)14-9-24-17(21-14)11-3-2-6-19-8-11;17-14(21)11-3-1-2-4-12(11)19-15(22)13-9-23-16(20-13)10-5-7-18-8-6-10/h2-9H,1H3,(H2,18,22)(H,20,23);1-9H,(H2,17,21)(H,19,22). The largest absolute Gasteiger partial charge is 0.366 e. The average Bonchev–Trinajstić information content (AvgIpc) is 3.78. The maximum absolute atomic E-state index is 12.4. The number of aromatic nitrogens is 4. The van der Waals surface area contributed by atoms with Crippen molar-refractivity contribution in [3.8, 4) is 21.1 Å². The number of hydrogen-bond acceptors (Lipinski definition) is 10. The summed E-state index contributed by atoms with van der Waals surface area (Å²) >= 11 is 2.71. The molecule has 0 fully saturated rings. The van der Waals surface area contributed by atoms with E-state index in [0.717, 1.165) is 21.7 Å². The van der Waals surface area contributed by atoms with E-state index in [-0.39, 0.29) is 22.5 Å². The predicted molar refractivity (Wildman–Crippen MR) is 181 cm³/mol. The van der Waals surface area contributed by atoms with Crippen molar-refractivity contribution >= 4 is 57.7 Å². The predicted octanol–water partition coefficient (Wildman–Crippen LogP) is 5.42. The molecule has 4 aromatic heterocycles. The zero-order valence-electron chi connectivity index (χ0n) is 24.7. The van der Waals surface area contributed by atoms with Gasteiger partial charge in [0, 0.05) is 46.7 Å². The van der Waals surface area contributed by atoms with Crippen LogP contribution in [-0.4, -0.2) is 43.6 Å². The van der Waals surface area contributed by atoms with Crippen LogP contribution in [0.1, 0.15) is 47.3 Å². The average molecular weight is 663 g/mol. The first-order valence-electron chi connectivity index (χ1n) is 13.8. The summed E-state index contributed by atoms with van der Waals surface area (Å²) in [5, 5.41) is 10.1. The molecule has 2 aromatic carbocycles. The van der Waals surface area contributed by atoms with Gasteiger partial charge in [-0.25, -0.2) is 9.97 Å². The summed E-state index contributed by atoms with van der Waals surface area (Å²) in [4.78, 5) is 64.2. The molecule has 6 rings (SSSR count). The third-order valence-corrected chi connectivity index (χ3v) is 8.22. The lowest BCUT2D eigenvalue weighted by Crippen LogP contribution is -2.18. The number of nitrogens with zero attached hydrogens (tertiary/aromatic N) is 4. The van der Waals surface area contributed by atoms with Gasteiger partial charge in [-0.15, -0.1) is 22.7 Å². The molecule has 4 heterocycles. The SMILES string of the molecule is Cc1ccc(NC(=O)c2csc(-c3cccnc3)n2)c(C(N)=O)c1.NC(=O)c1ccccc1NC(=O)c1csc(-c2ccncc2)n1. The second-order valence-electron chi connectivity index (χ2n) is 9.78. The van der Waals surface area contributed by atoms with E-state index in [2.05, 4.69) is 30.6 Å². The minimum absolute atomic E-state index is 0.255. The molecule has 0 aliphatic carbocycles. The smallest absolute Gasteiger partial charge is 0.275 e. The van der Waals surface area contributed by atoms with Crippen LogP contribution in [0.4, 0.5) is 11.4 Å². The van der Waals surface area contributed by atoms with E-state index in [0.29, 0.717) is 16.4 Å². The third kappa shape index (κ3) is 8.13. The fourth-order valence-corrected chi connectivity index (χ4v) is 5.75. The van der Waals surface area contributed by atoms with Crippen LogP contribution in [0.25, 0.3) is 21.1 Å². The van der Waals surface area contributed by atoms with Crippen molar-refractivity contribution in [1.82, 2.24) is 19.9 Å². The monoisotopic (exact) mass is 662 g/mol. The van der Waals surface area contributed by atoms with Crippen LogP contribution < -0.4 is 22.1 Å². The Hall–Kier alpha value is -6.12. The van der Waals surface area contributed by atoms with Crippen LogP contribution in [0.15, 0.2) is 102 Å². The maximum Gasteiger partial charge on any atom is 0.275 e. The van der Waals surface area contributed by atoms with E-state index in [1.807, 2.05) is 31.2 Å². The highest BCUT2D eigenvalue weighted by atomic mass is 32.1. The first-order chi connectivity index (χ1) is 22.7. The number of nitrogens with two attached hydrogens (primary N) is 2. The Labute approximate surface area is 276 Å². The second-order valence-corrected chi connectivity index (χ2v) is 11.5. The van der Waals surface area contributed by atoms with Crippen LogP contribution in [-0.2, 0) is 0 Å². The third-order valence-electron chi connectivity index (χ3n) is 6.44. The number of pyridine rings is 2. The number of carbonyl (C=O) groups excluding carboxylic acids is 4. The van der Waals surface area contributed by atoms with Gasteiger partial charge in [0.1, 0.15) is 21.4 Å². The van der Waals surface area contributed by atoms with Crippen LogP contribution in [0, 0.1) is 6.92 Å². The zero-order chi connectivity index (χ0) is 33.3. The van der Waals surface area contributed by atoms with Gasteiger partial charge in [0.05, 0.1) is 22.5 Å². The quantitative estimate of drug-likeness (QED) is 0.166. The summed E-state index contributed by atoms with van der Waals surface area (Å²) in [6.07, 6.45) is 6.69. The van der Waals surface area contributed by atoms with Crippen LogP contribution >= 0.6 is 22.7 Å². The molecule has 0 radical (unpaired) electrons. The molecule has 4 amide bonds. The molecule has 47 heavy (non-hydrogen) atoms. The number of primary amides is 2. The summed E-state index contributed by atoms with van der Waals surface area (Å²) in [5.74, 6) is -1.98. The highest BCUT2D eigenvalue weighted by molar-refractivity contribution is 7.13. The van der Waals surface area contributed by atoms with Gasteiger partial charge in [0.25, 0.3) is 23.6 Å². The number of thiazole rings is 2. The first-order valence-corrected chi connectivity index (χ1v) is 15.6. The van der Waals surface area contributed by atoms with Crippen molar-refractivity contribution in [2.75, 3.05) is 10.6 Å². The Morgan fingerprint density at radius 1 is 0.638 bits per heavy atom. The fraction of sp³-hybridized carbons (Fsp3) is 0.0303. The summed E-state index contributed by atoms with van der Waals surface area (Å²) in [6.45, 7) is 1.85. The number of rotatable bonds is 8. The van der Waals surface area contributed by atoms with E-state index in [1.165, 1.54) is 22.7 Å². The van der Waals surface area contributed by atoms with Crippen molar-refractivity contribution < 1.29 is 19.2 Å². The zero-order valence-corrected chi connectivity index (χ0v) is 26.3. The van der Waals surface area contributed by atoms with Crippen molar-refractivity contribution in [3.63, 3.8) is 0 Å². The number of nitrogens with one attached hydrogen (secondary N) is 2. The molecule has 0 unspecified atom stereocenters. The molecular weight excluding hydrogens is 637 g/mol. The van der Waals surface area contributed by atoms with Crippen molar-refractivity contribution in [3.05, 3.63) is 130 Å². The van der Waals surface area contributed by atoms with E-state index in [4.69, 9.17) is 11.5 Å². The number of para-hydroxylation sites is 1. The van der Waals surface area contributed by atoms with Gasteiger partial charge >= 0.3 is 0 Å². The molecule has 6 N–H and O–H groups in total. The van der Waals surface area contributed by atoms with E-state index in [1.54, 1.807) is 78.0 Å². The molecule has 0 saturated heterocycles. The molecular formula is C33H26N8O4S2. The molecule has 0 saturated carbocycles. The second kappa shape index (κ2) is 14.8. The van der Waals surface area contributed by atoms with Crippen LogP contribution in [0.2, 0.25) is 0 Å². The molecule has 0 aliphatic rings. The molecule has 14 heteroatoms. The number of hydrogen-bond donors (Lipinski definition) is 4. The first kappa shape index (κ1) is 32.3. The molecule has 0 aliphatic heterocycles. The molecule has 234 valence electrons. The number of benzene rings is 2. The summed E-state index contributed by atoms with van der Waals surface area (Å²) < 4.78 is 0. The minimum atomic E-state index is -0.600. The summed E-state index contributed by atoms with van der Waals surface area (Å²) in [7, 11) is 0. The Morgan fingerprint density at radius 3 is 1.83 bits per heavy atom. The Morgan fingerprint density at radius 2 is 1.23 bits per heavy atom. The fourth-order valence-electron chi connectivity index (χ4n) is 4.16. The maximum atomic E-state index is 12.4. The van der Waals surface area contributed by atoms with E-state index >= 15 is 0 Å². The lowest BCUT2D eigenvalue weighted by atomic mass is 10.1. The number of carbonyl (C=O) groups is 4. The molecule has 0 bridgehead atoms. The van der Waals surface area contributed by atoms with Crippen molar-refractivity contribution in [2.24, 2.45) is 11.5 Å². The number of anilines is 2. The van der Waals surface area contributed by atoms with Crippen LogP contribution in [0.3, 0.4) is 0 Å². The topological polar surface area (TPSA) is 196 Å². The highest BCUT2D eigenvalue weighted by Crippen LogP contribution is 2.25. The normalized spacial score (nSPS) is 10.3. The van der Waals surface area contributed by atoms with E-state index in [9.17, 15) is 19.2 Å². The van der Waals surface area contributed by atoms with Gasteiger partial charge in [-0.1, -0.05) is 23.8 Å². The van der Waals surface area contributed by atoms with Gasteiger partial charge in [0.2, 0.25) is 0 Å². The molecule has 12 nitrogen and oxygen atoms in total. The Bertz CT molecular complexity index is 2060. The van der Waals surface area contributed by atoms with Gasteiger partial charge in [0.15, 0.2) is 0 Å². The Kier molecular flexibility index (Phi) is 10.1. The number of aryl methyl sites for hydroxylation is 1. The summed E-state index contributed by atoms with van der Waals surface area (Å²) in [6, 6.07) is 19.0. The van der Waals surface area contributed by atoms with Gasteiger partial charge in [-0.3, -0.25) is 29.1 Å². The summed E-state index contributed by atoms with van der Waals surface area (Å²) in [5.41, 5.74) is 15.1.